The van der Waals surface area contributed by atoms with Gasteiger partial charge in [0.2, 0.25) is 11.7 Å². The molecule has 128 valence electrons. The third kappa shape index (κ3) is 2.09. The van der Waals surface area contributed by atoms with Crippen LogP contribution < -0.4 is 5.32 Å². The van der Waals surface area contributed by atoms with Gasteiger partial charge in [-0.2, -0.15) is 13.2 Å². The first-order valence-corrected chi connectivity index (χ1v) is 7.69. The van der Waals surface area contributed by atoms with Crippen molar-refractivity contribution in [3.8, 4) is 0 Å². The molecule has 25 heavy (non-hydrogen) atoms. The highest BCUT2D eigenvalue weighted by molar-refractivity contribution is 6.16. The lowest BCUT2D eigenvalue weighted by atomic mass is 9.74. The third-order valence-electron chi connectivity index (χ3n) is 4.79. The summed E-state index contributed by atoms with van der Waals surface area (Å²) in [4.78, 5) is 24.1. The van der Waals surface area contributed by atoms with Crippen LogP contribution in [0.2, 0.25) is 0 Å². The molecule has 1 spiro atoms. The minimum Gasteiger partial charge on any atom is -0.309 e. The number of halogens is 3. The minimum atomic E-state index is -4.69. The van der Waals surface area contributed by atoms with E-state index in [9.17, 15) is 18.0 Å². The van der Waals surface area contributed by atoms with E-state index in [1.807, 2.05) is 12.1 Å². The predicted molar refractivity (Wildman–Crippen MR) is 83.2 cm³/mol. The molecule has 2 aliphatic rings. The lowest BCUT2D eigenvalue weighted by Crippen LogP contribution is -2.53. The molecule has 0 unspecified atom stereocenters. The molecule has 1 atom stereocenters. The Labute approximate surface area is 141 Å². The second kappa shape index (κ2) is 5.11. The third-order valence-corrected chi connectivity index (χ3v) is 4.79. The van der Waals surface area contributed by atoms with Gasteiger partial charge in [-0.25, -0.2) is 9.97 Å². The fourth-order valence-electron chi connectivity index (χ4n) is 3.68. The second-order valence-electron chi connectivity index (χ2n) is 6.04. The van der Waals surface area contributed by atoms with E-state index in [1.165, 1.54) is 7.05 Å². The zero-order valence-electron chi connectivity index (χ0n) is 13.2. The summed E-state index contributed by atoms with van der Waals surface area (Å²) < 4.78 is 39.4. The van der Waals surface area contributed by atoms with Crippen molar-refractivity contribution in [1.29, 1.82) is 0 Å². The van der Waals surface area contributed by atoms with E-state index in [2.05, 4.69) is 20.3 Å². The highest BCUT2D eigenvalue weighted by Gasteiger charge is 2.53. The molecule has 0 bridgehead atoms. The second-order valence-corrected chi connectivity index (χ2v) is 6.04. The zero-order valence-corrected chi connectivity index (χ0v) is 13.2. The minimum absolute atomic E-state index is 0.0733. The topological polar surface area (TPSA) is 67.2 Å². The number of amidine groups is 1. The molecule has 0 radical (unpaired) electrons. The quantitative estimate of drug-likeness (QED) is 0.795. The van der Waals surface area contributed by atoms with Gasteiger partial charge in [-0.1, -0.05) is 24.3 Å². The molecule has 1 aromatic carbocycles. The largest absolute Gasteiger partial charge is 0.451 e. The number of fused-ring (bicyclic) bond motifs is 4. The smallest absolute Gasteiger partial charge is 0.309 e. The molecule has 0 fully saturated rings. The number of carbonyl (C=O) groups excluding carboxylic acids is 1. The van der Waals surface area contributed by atoms with Crippen LogP contribution in [0.15, 0.2) is 35.5 Å². The van der Waals surface area contributed by atoms with Gasteiger partial charge in [0, 0.05) is 13.2 Å². The molecular weight excluding hydrogens is 333 g/mol. The first-order chi connectivity index (χ1) is 11.9. The Morgan fingerprint density at radius 2 is 2.04 bits per heavy atom. The number of alkyl halides is 3. The van der Waals surface area contributed by atoms with Crippen LogP contribution in [-0.4, -0.2) is 28.8 Å². The van der Waals surface area contributed by atoms with Gasteiger partial charge in [0.15, 0.2) is 0 Å². The number of hydrogen-bond donors (Lipinski definition) is 1. The van der Waals surface area contributed by atoms with E-state index in [4.69, 9.17) is 0 Å². The van der Waals surface area contributed by atoms with Crippen LogP contribution in [0.4, 0.5) is 13.2 Å². The molecule has 8 heteroatoms. The highest BCUT2D eigenvalue weighted by Crippen LogP contribution is 2.46. The fourth-order valence-corrected chi connectivity index (χ4v) is 3.68. The van der Waals surface area contributed by atoms with Crippen LogP contribution in [-0.2, 0) is 22.8 Å². The molecule has 1 aliphatic heterocycles. The molecule has 1 aromatic heterocycles. The van der Waals surface area contributed by atoms with Crippen LogP contribution in [0.3, 0.4) is 0 Å². The van der Waals surface area contributed by atoms with Gasteiger partial charge in [-0.05, 0) is 24.0 Å². The summed E-state index contributed by atoms with van der Waals surface area (Å²) in [5.74, 6) is -1.47. The number of carbonyl (C=O) groups is 1. The molecule has 1 N–H and O–H groups in total. The van der Waals surface area contributed by atoms with Crippen molar-refractivity contribution in [2.75, 3.05) is 7.05 Å². The van der Waals surface area contributed by atoms with E-state index >= 15 is 0 Å². The van der Waals surface area contributed by atoms with E-state index < -0.39 is 23.3 Å². The number of nitrogens with zero attached hydrogens (tertiary/aromatic N) is 3. The summed E-state index contributed by atoms with van der Waals surface area (Å²) >= 11 is 0. The Kier molecular flexibility index (Phi) is 3.22. The Bertz CT molecular complexity index is 922. The number of aryl methyl sites for hydroxylation is 1. The van der Waals surface area contributed by atoms with Crippen molar-refractivity contribution in [2.45, 2.75) is 24.4 Å². The highest BCUT2D eigenvalue weighted by atomic mass is 19.4. The number of benzene rings is 1. The summed E-state index contributed by atoms with van der Waals surface area (Å²) in [5, 5.41) is 2.70. The molecular formula is C17H13F3N4O. The Morgan fingerprint density at radius 1 is 1.28 bits per heavy atom. The van der Waals surface area contributed by atoms with E-state index in [0.29, 0.717) is 24.0 Å². The van der Waals surface area contributed by atoms with Gasteiger partial charge in [0.1, 0.15) is 11.3 Å². The van der Waals surface area contributed by atoms with E-state index in [0.717, 1.165) is 11.8 Å². The lowest BCUT2D eigenvalue weighted by molar-refractivity contribution is -0.145. The molecule has 4 rings (SSSR count). The summed E-state index contributed by atoms with van der Waals surface area (Å²) in [6, 6.07) is 7.27. The Morgan fingerprint density at radius 3 is 2.76 bits per heavy atom. The maximum atomic E-state index is 13.1. The molecule has 0 saturated heterocycles. The lowest BCUT2D eigenvalue weighted by Gasteiger charge is -2.35. The standard InChI is InChI=1S/C17H13F3N4O/c1-21-13-10-8-22-14(17(18,19)20)23-12(10)16(15(25)24-13)7-6-9-4-2-3-5-11(9)16/h2-5,8H,6-7H2,1H3,(H,21,24,25)/t16-/m1/s1. The Hall–Kier alpha value is -2.77. The van der Waals surface area contributed by atoms with Crippen molar-refractivity contribution in [1.82, 2.24) is 15.3 Å². The van der Waals surface area contributed by atoms with E-state index in [-0.39, 0.29) is 11.5 Å². The fraction of sp³-hybridized carbons (Fsp3) is 0.294. The van der Waals surface area contributed by atoms with Crippen LogP contribution >= 0.6 is 0 Å². The normalized spacial score (nSPS) is 23.5. The van der Waals surface area contributed by atoms with E-state index in [1.54, 1.807) is 12.1 Å². The van der Waals surface area contributed by atoms with Gasteiger partial charge < -0.3 is 5.32 Å². The van der Waals surface area contributed by atoms with Gasteiger partial charge in [0.25, 0.3) is 0 Å². The van der Waals surface area contributed by atoms with Crippen molar-refractivity contribution in [3.05, 3.63) is 58.7 Å². The van der Waals surface area contributed by atoms with Crippen LogP contribution in [0.25, 0.3) is 0 Å². The number of nitrogens with one attached hydrogen (secondary N) is 1. The van der Waals surface area contributed by atoms with Crippen molar-refractivity contribution >= 4 is 11.7 Å². The monoisotopic (exact) mass is 346 g/mol. The summed E-state index contributed by atoms with van der Waals surface area (Å²) in [5.41, 5.74) is 0.780. The van der Waals surface area contributed by atoms with Crippen LogP contribution in [0, 0.1) is 0 Å². The van der Waals surface area contributed by atoms with Gasteiger partial charge in [0.05, 0.1) is 11.3 Å². The molecule has 0 saturated carbocycles. The van der Waals surface area contributed by atoms with Crippen molar-refractivity contribution < 1.29 is 18.0 Å². The number of aromatic nitrogens is 2. The van der Waals surface area contributed by atoms with Crippen LogP contribution in [0.5, 0.6) is 0 Å². The molecule has 5 nitrogen and oxygen atoms in total. The number of amides is 1. The zero-order chi connectivity index (χ0) is 17.8. The first-order valence-electron chi connectivity index (χ1n) is 7.69. The van der Waals surface area contributed by atoms with Gasteiger partial charge in [-0.3, -0.25) is 9.79 Å². The number of hydrogen-bond acceptors (Lipinski definition) is 4. The predicted octanol–water partition coefficient (Wildman–Crippen LogP) is 2.23. The maximum Gasteiger partial charge on any atom is 0.451 e. The SMILES string of the molecule is CN=C1NC(=O)[C@@]2(CCc3ccccc32)c2nc(C(F)(F)F)ncc21. The molecule has 2 heterocycles. The average molecular weight is 346 g/mol. The summed E-state index contributed by atoms with van der Waals surface area (Å²) in [6.07, 6.45) is -2.65. The number of rotatable bonds is 0. The summed E-state index contributed by atoms with van der Waals surface area (Å²) in [6.45, 7) is 0. The maximum absolute atomic E-state index is 13.1. The van der Waals surface area contributed by atoms with Crippen molar-refractivity contribution in [2.24, 2.45) is 4.99 Å². The molecule has 1 aliphatic carbocycles. The first kappa shape index (κ1) is 15.7. The van der Waals surface area contributed by atoms with Gasteiger partial charge in [-0.15, -0.1) is 0 Å². The van der Waals surface area contributed by atoms with Crippen molar-refractivity contribution in [3.63, 3.8) is 0 Å². The van der Waals surface area contributed by atoms with Gasteiger partial charge >= 0.3 is 6.18 Å². The molecule has 1 amide bonds. The Balaban J connectivity index is 2.04. The number of aliphatic imine (C=N–C) groups is 1. The average Bonchev–Trinajstić information content (AvgIpc) is 2.98. The van der Waals surface area contributed by atoms with Crippen LogP contribution in [0.1, 0.15) is 34.6 Å². The summed E-state index contributed by atoms with van der Waals surface area (Å²) in [7, 11) is 1.46. The molecule has 2 aromatic rings.